The Kier molecular flexibility index (Phi) is 6.32. The Labute approximate surface area is 112 Å². The molecule has 5 nitrogen and oxygen atoms in total. The number of hydrogen-bond donors (Lipinski definition) is 3. The lowest BCUT2D eigenvalue weighted by Gasteiger charge is -2.18. The van der Waals surface area contributed by atoms with Crippen LogP contribution in [0.25, 0.3) is 0 Å². The van der Waals surface area contributed by atoms with E-state index in [0.29, 0.717) is 11.7 Å². The highest BCUT2D eigenvalue weighted by molar-refractivity contribution is 7.99. The first-order chi connectivity index (χ1) is 8.55. The number of nitrogens with one attached hydrogen (secondary N) is 2. The second kappa shape index (κ2) is 7.51. The normalized spacial score (nSPS) is 24.6. The summed E-state index contributed by atoms with van der Waals surface area (Å²) in [4.78, 5) is 22.3. The number of rotatable bonds is 6. The van der Waals surface area contributed by atoms with Crippen molar-refractivity contribution in [1.29, 1.82) is 0 Å². The van der Waals surface area contributed by atoms with Crippen LogP contribution in [-0.4, -0.2) is 40.7 Å². The van der Waals surface area contributed by atoms with E-state index in [4.69, 9.17) is 5.11 Å². The smallest absolute Gasteiger partial charge is 0.315 e. The number of carbonyl (C=O) groups is 2. The summed E-state index contributed by atoms with van der Waals surface area (Å²) in [6, 6.07) is -0.306. The molecule has 1 rings (SSSR count). The molecule has 1 aliphatic carbocycles. The van der Waals surface area contributed by atoms with Crippen molar-refractivity contribution in [2.45, 2.75) is 56.4 Å². The minimum absolute atomic E-state index is 0.0258. The van der Waals surface area contributed by atoms with Gasteiger partial charge in [0.1, 0.15) is 0 Å². The van der Waals surface area contributed by atoms with Crippen LogP contribution in [0, 0.1) is 0 Å². The highest BCUT2D eigenvalue weighted by Gasteiger charge is 2.25. The van der Waals surface area contributed by atoms with Crippen LogP contribution in [0.3, 0.4) is 0 Å². The number of urea groups is 1. The number of aliphatic carboxylic acids is 1. The lowest BCUT2D eigenvalue weighted by Crippen LogP contribution is -2.46. The average Bonchev–Trinajstić information content (AvgIpc) is 2.75. The van der Waals surface area contributed by atoms with E-state index >= 15 is 0 Å². The summed E-state index contributed by atoms with van der Waals surface area (Å²) in [5.74, 6) is -0.884. The maximum absolute atomic E-state index is 11.7. The van der Waals surface area contributed by atoms with E-state index in [1.807, 2.05) is 18.7 Å². The van der Waals surface area contributed by atoms with Crippen LogP contribution in [0.2, 0.25) is 0 Å². The second-order valence-corrected chi connectivity index (χ2v) is 5.83. The first-order valence-corrected chi connectivity index (χ1v) is 7.65. The Morgan fingerprint density at radius 1 is 1.44 bits per heavy atom. The summed E-state index contributed by atoms with van der Waals surface area (Å²) in [6.07, 6.45) is 5.84. The molecule has 0 bridgehead atoms. The van der Waals surface area contributed by atoms with Crippen LogP contribution in [0.4, 0.5) is 4.79 Å². The highest BCUT2D eigenvalue weighted by Crippen LogP contribution is 2.27. The lowest BCUT2D eigenvalue weighted by atomic mass is 10.1. The summed E-state index contributed by atoms with van der Waals surface area (Å²) in [5.41, 5.74) is 0. The van der Waals surface area contributed by atoms with E-state index in [0.717, 1.165) is 19.3 Å². The summed E-state index contributed by atoms with van der Waals surface area (Å²) >= 11 is 1.84. The minimum atomic E-state index is -0.884. The Morgan fingerprint density at radius 2 is 2.17 bits per heavy atom. The van der Waals surface area contributed by atoms with Gasteiger partial charge < -0.3 is 15.7 Å². The van der Waals surface area contributed by atoms with Crippen molar-refractivity contribution in [2.75, 3.05) is 6.26 Å². The van der Waals surface area contributed by atoms with Crippen LogP contribution in [0.15, 0.2) is 0 Å². The molecule has 1 aliphatic rings. The zero-order valence-electron chi connectivity index (χ0n) is 10.9. The van der Waals surface area contributed by atoms with Crippen LogP contribution in [0.1, 0.15) is 39.0 Å². The molecule has 3 N–H and O–H groups in total. The fourth-order valence-electron chi connectivity index (χ4n) is 2.21. The van der Waals surface area contributed by atoms with Crippen molar-refractivity contribution in [1.82, 2.24) is 10.6 Å². The van der Waals surface area contributed by atoms with E-state index in [-0.39, 0.29) is 24.5 Å². The van der Waals surface area contributed by atoms with Crippen molar-refractivity contribution >= 4 is 23.8 Å². The summed E-state index contributed by atoms with van der Waals surface area (Å²) < 4.78 is 0. The predicted octanol–water partition coefficient (Wildman–Crippen LogP) is 1.82. The molecule has 1 fully saturated rings. The average molecular weight is 274 g/mol. The number of thioether (sulfide) groups is 1. The maximum atomic E-state index is 11.7. The zero-order chi connectivity index (χ0) is 13.5. The van der Waals surface area contributed by atoms with Gasteiger partial charge in [0.2, 0.25) is 0 Å². The first kappa shape index (κ1) is 15.1. The predicted molar refractivity (Wildman–Crippen MR) is 72.9 cm³/mol. The van der Waals surface area contributed by atoms with Gasteiger partial charge in [-0.15, -0.1) is 0 Å². The Morgan fingerprint density at radius 3 is 2.67 bits per heavy atom. The number of carboxylic acids is 1. The van der Waals surface area contributed by atoms with Crippen molar-refractivity contribution in [2.24, 2.45) is 0 Å². The van der Waals surface area contributed by atoms with E-state index in [9.17, 15) is 9.59 Å². The molecule has 0 aromatic rings. The van der Waals surface area contributed by atoms with Gasteiger partial charge in [-0.05, 0) is 31.9 Å². The topological polar surface area (TPSA) is 78.4 Å². The molecule has 6 heteroatoms. The maximum Gasteiger partial charge on any atom is 0.315 e. The minimum Gasteiger partial charge on any atom is -0.481 e. The van der Waals surface area contributed by atoms with Crippen molar-refractivity contribution in [3.05, 3.63) is 0 Å². The first-order valence-electron chi connectivity index (χ1n) is 6.36. The van der Waals surface area contributed by atoms with E-state index in [2.05, 4.69) is 16.9 Å². The molecule has 2 amide bonds. The largest absolute Gasteiger partial charge is 0.481 e. The molecule has 0 radical (unpaired) electrons. The molecule has 3 unspecified atom stereocenters. The molecule has 0 aromatic heterocycles. The molecule has 1 saturated carbocycles. The molecule has 0 aliphatic heterocycles. The summed E-state index contributed by atoms with van der Waals surface area (Å²) in [6.45, 7) is 1.87. The fourth-order valence-corrected chi connectivity index (χ4v) is 3.00. The van der Waals surface area contributed by atoms with Crippen LogP contribution in [0.5, 0.6) is 0 Å². The van der Waals surface area contributed by atoms with Gasteiger partial charge in [0, 0.05) is 17.3 Å². The van der Waals surface area contributed by atoms with Gasteiger partial charge >= 0.3 is 12.0 Å². The van der Waals surface area contributed by atoms with Crippen molar-refractivity contribution in [3.8, 4) is 0 Å². The highest BCUT2D eigenvalue weighted by atomic mass is 32.2. The van der Waals surface area contributed by atoms with Gasteiger partial charge in [0.15, 0.2) is 0 Å². The number of amides is 2. The molecule has 18 heavy (non-hydrogen) atoms. The summed E-state index contributed by atoms with van der Waals surface area (Å²) in [7, 11) is 0. The summed E-state index contributed by atoms with van der Waals surface area (Å²) in [5, 5.41) is 15.0. The molecule has 3 atom stereocenters. The van der Waals surface area contributed by atoms with Gasteiger partial charge in [-0.2, -0.15) is 11.8 Å². The van der Waals surface area contributed by atoms with Crippen molar-refractivity contribution < 1.29 is 14.7 Å². The SMILES string of the molecule is CCC(CC(=O)O)NC(=O)NC1CCC(SC)C1. The molecule has 0 spiro atoms. The Hall–Kier alpha value is -0.910. The zero-order valence-corrected chi connectivity index (χ0v) is 11.8. The Balaban J connectivity index is 2.30. The van der Waals surface area contributed by atoms with E-state index in [1.54, 1.807) is 0 Å². The van der Waals surface area contributed by atoms with E-state index in [1.165, 1.54) is 0 Å². The molecule has 0 aromatic carbocycles. The van der Waals surface area contributed by atoms with Crippen LogP contribution < -0.4 is 10.6 Å². The third-order valence-electron chi connectivity index (χ3n) is 3.30. The number of hydrogen-bond acceptors (Lipinski definition) is 3. The second-order valence-electron chi connectivity index (χ2n) is 4.69. The van der Waals surface area contributed by atoms with Gasteiger partial charge in [0.05, 0.1) is 6.42 Å². The van der Waals surface area contributed by atoms with Gasteiger partial charge in [-0.1, -0.05) is 6.92 Å². The standard InChI is InChI=1S/C12H22N2O3S/c1-3-8(7-11(15)16)13-12(17)14-9-4-5-10(6-9)18-2/h8-10H,3-7H2,1-2H3,(H,15,16)(H2,13,14,17). The third-order valence-corrected chi connectivity index (χ3v) is 4.40. The monoisotopic (exact) mass is 274 g/mol. The fraction of sp³-hybridized carbons (Fsp3) is 0.833. The van der Waals surface area contributed by atoms with E-state index < -0.39 is 5.97 Å². The van der Waals surface area contributed by atoms with Crippen LogP contribution >= 0.6 is 11.8 Å². The molecular weight excluding hydrogens is 252 g/mol. The third kappa shape index (κ3) is 5.16. The number of carboxylic acid groups (broad SMARTS) is 1. The quantitative estimate of drug-likeness (QED) is 0.690. The van der Waals surface area contributed by atoms with Gasteiger partial charge in [-0.25, -0.2) is 4.79 Å². The van der Waals surface area contributed by atoms with Gasteiger partial charge in [0.25, 0.3) is 0 Å². The van der Waals surface area contributed by atoms with Crippen LogP contribution in [-0.2, 0) is 4.79 Å². The van der Waals surface area contributed by atoms with Crippen molar-refractivity contribution in [3.63, 3.8) is 0 Å². The Bertz CT molecular complexity index is 299. The molecular formula is C12H22N2O3S. The molecule has 104 valence electrons. The molecule has 0 saturated heterocycles. The lowest BCUT2D eigenvalue weighted by molar-refractivity contribution is -0.137. The molecule has 0 heterocycles. The number of carbonyl (C=O) groups excluding carboxylic acids is 1. The van der Waals surface area contributed by atoms with Gasteiger partial charge in [-0.3, -0.25) is 4.79 Å².